The van der Waals surface area contributed by atoms with E-state index in [1.165, 1.54) is 11.1 Å². The molecule has 0 aliphatic heterocycles. The van der Waals surface area contributed by atoms with Crippen molar-refractivity contribution in [3.8, 4) is 0 Å². The number of nitrogens with two attached hydrogens (primary N) is 4. The molecule has 0 radical (unpaired) electrons. The van der Waals surface area contributed by atoms with Crippen molar-refractivity contribution in [1.82, 2.24) is 0 Å². The molecule has 0 fully saturated rings. The van der Waals surface area contributed by atoms with Gasteiger partial charge in [0, 0.05) is 6.04 Å². The monoisotopic (exact) mass is 207 g/mol. The van der Waals surface area contributed by atoms with Gasteiger partial charge < -0.3 is 11.6 Å². The van der Waals surface area contributed by atoms with Gasteiger partial charge in [0.2, 0.25) is 0 Å². The summed E-state index contributed by atoms with van der Waals surface area (Å²) in [7, 11) is 0. The third-order valence-corrected chi connectivity index (χ3v) is 2.51. The summed E-state index contributed by atoms with van der Waals surface area (Å²) in [6.07, 6.45) is 3.78. The average molecular weight is 207 g/mol. The Kier molecular flexibility index (Phi) is 4.23. The zero-order chi connectivity index (χ0) is 11.3. The third-order valence-electron chi connectivity index (χ3n) is 2.51. The van der Waals surface area contributed by atoms with Crippen molar-refractivity contribution in [1.29, 1.82) is 0 Å². The summed E-state index contributed by atoms with van der Waals surface area (Å²) in [5, 5.41) is 3.49. The Hall–Kier alpha value is -1.43. The molecule has 1 atom stereocenters. The third kappa shape index (κ3) is 2.53. The molecule has 1 unspecified atom stereocenters. The lowest BCUT2D eigenvalue weighted by Crippen LogP contribution is -2.04. The van der Waals surface area contributed by atoms with Crippen molar-refractivity contribution >= 4 is 6.21 Å². The summed E-state index contributed by atoms with van der Waals surface area (Å²) in [5.74, 6) is 13.1. The van der Waals surface area contributed by atoms with Gasteiger partial charge in [-0.1, -0.05) is 12.1 Å². The SMILES string of the molecule is N/N=C/c1ccc2c(c1)CCC2N.NN. The predicted molar refractivity (Wildman–Crippen MR) is 61.8 cm³/mol. The van der Waals surface area contributed by atoms with Crippen LogP contribution >= 0.6 is 0 Å². The number of benzene rings is 1. The molecule has 1 aromatic carbocycles. The number of aryl methyl sites for hydroxylation is 1. The molecule has 82 valence electrons. The van der Waals surface area contributed by atoms with E-state index in [0.29, 0.717) is 0 Å². The fourth-order valence-electron chi connectivity index (χ4n) is 1.84. The Morgan fingerprint density at radius 3 is 2.73 bits per heavy atom. The Labute approximate surface area is 89.1 Å². The van der Waals surface area contributed by atoms with Crippen molar-refractivity contribution in [2.24, 2.45) is 28.4 Å². The maximum Gasteiger partial charge on any atom is 0.0538 e. The van der Waals surface area contributed by atoms with Crippen LogP contribution in [-0.4, -0.2) is 6.21 Å². The van der Waals surface area contributed by atoms with Crippen molar-refractivity contribution in [2.75, 3.05) is 0 Å². The Morgan fingerprint density at radius 2 is 2.07 bits per heavy atom. The molecule has 0 heterocycles. The van der Waals surface area contributed by atoms with Gasteiger partial charge in [-0.15, -0.1) is 0 Å². The molecule has 0 spiro atoms. The fourth-order valence-corrected chi connectivity index (χ4v) is 1.84. The topological polar surface area (TPSA) is 116 Å². The number of hydrogen-bond acceptors (Lipinski definition) is 5. The van der Waals surface area contributed by atoms with Gasteiger partial charge in [0.15, 0.2) is 0 Å². The van der Waals surface area contributed by atoms with Crippen LogP contribution in [0.4, 0.5) is 0 Å². The number of rotatable bonds is 1. The molecule has 1 aliphatic carbocycles. The van der Waals surface area contributed by atoms with Crippen molar-refractivity contribution in [3.63, 3.8) is 0 Å². The van der Waals surface area contributed by atoms with E-state index >= 15 is 0 Å². The lowest BCUT2D eigenvalue weighted by molar-refractivity contribution is 0.713. The predicted octanol–water partition coefficient (Wildman–Crippen LogP) is -0.256. The van der Waals surface area contributed by atoms with Crippen LogP contribution in [0.25, 0.3) is 0 Å². The van der Waals surface area contributed by atoms with Gasteiger partial charge in [-0.25, -0.2) is 0 Å². The molecule has 1 aliphatic rings. The standard InChI is InChI=1S/C10H13N3.H4N2/c11-10-4-2-8-5-7(6-13-12)1-3-9(8)10;1-2/h1,3,5-6,10H,2,4,11-12H2;1-2H2/b13-6+;. The first-order valence-corrected chi connectivity index (χ1v) is 4.76. The van der Waals surface area contributed by atoms with Gasteiger partial charge in [-0.2, -0.15) is 5.10 Å². The number of nitrogens with zero attached hydrogens (tertiary/aromatic N) is 1. The first kappa shape index (κ1) is 11.6. The fraction of sp³-hybridized carbons (Fsp3) is 0.300. The van der Waals surface area contributed by atoms with Gasteiger partial charge in [0.1, 0.15) is 0 Å². The van der Waals surface area contributed by atoms with Gasteiger partial charge in [0.05, 0.1) is 6.21 Å². The normalized spacial score (nSPS) is 18.5. The second-order valence-corrected chi connectivity index (χ2v) is 3.38. The highest BCUT2D eigenvalue weighted by molar-refractivity contribution is 5.79. The summed E-state index contributed by atoms with van der Waals surface area (Å²) in [4.78, 5) is 0. The second kappa shape index (κ2) is 5.45. The van der Waals surface area contributed by atoms with Crippen LogP contribution in [0.2, 0.25) is 0 Å². The lowest BCUT2D eigenvalue weighted by atomic mass is 10.1. The zero-order valence-corrected chi connectivity index (χ0v) is 8.56. The van der Waals surface area contributed by atoms with E-state index in [9.17, 15) is 0 Å². The molecule has 0 amide bonds. The zero-order valence-electron chi connectivity index (χ0n) is 8.56. The first-order chi connectivity index (χ1) is 7.31. The molecular formula is C10H17N5. The number of fused-ring (bicyclic) bond motifs is 1. The molecule has 0 saturated carbocycles. The van der Waals surface area contributed by atoms with Crippen LogP contribution < -0.4 is 23.3 Å². The van der Waals surface area contributed by atoms with Crippen molar-refractivity contribution < 1.29 is 0 Å². The number of hydrazone groups is 1. The van der Waals surface area contributed by atoms with Crippen molar-refractivity contribution in [3.05, 3.63) is 34.9 Å². The summed E-state index contributed by atoms with van der Waals surface area (Å²) >= 11 is 0. The number of hydrazine groups is 1. The van der Waals surface area contributed by atoms with Crippen LogP contribution in [0.1, 0.15) is 29.2 Å². The van der Waals surface area contributed by atoms with Crippen LogP contribution in [0, 0.1) is 0 Å². The molecular weight excluding hydrogens is 190 g/mol. The highest BCUT2D eigenvalue weighted by Gasteiger charge is 2.18. The molecule has 15 heavy (non-hydrogen) atoms. The van der Waals surface area contributed by atoms with Gasteiger partial charge >= 0.3 is 0 Å². The van der Waals surface area contributed by atoms with Crippen LogP contribution in [0.5, 0.6) is 0 Å². The maximum absolute atomic E-state index is 5.91. The number of hydrogen-bond donors (Lipinski definition) is 4. The molecule has 8 N–H and O–H groups in total. The second-order valence-electron chi connectivity index (χ2n) is 3.38. The quantitative estimate of drug-likeness (QED) is 0.288. The van der Waals surface area contributed by atoms with Gasteiger partial charge in [-0.05, 0) is 35.6 Å². The Balaban J connectivity index is 0.000000531. The van der Waals surface area contributed by atoms with E-state index < -0.39 is 0 Å². The molecule has 1 aromatic rings. The van der Waals surface area contributed by atoms with E-state index in [1.807, 2.05) is 6.07 Å². The summed E-state index contributed by atoms with van der Waals surface area (Å²) in [5.41, 5.74) is 9.57. The smallest absolute Gasteiger partial charge is 0.0538 e. The van der Waals surface area contributed by atoms with E-state index in [1.54, 1.807) is 6.21 Å². The Bertz CT molecular complexity index is 348. The summed E-state index contributed by atoms with van der Waals surface area (Å²) in [6, 6.07) is 6.40. The lowest BCUT2D eigenvalue weighted by Gasteiger charge is -2.04. The summed E-state index contributed by atoms with van der Waals surface area (Å²) in [6.45, 7) is 0. The molecule has 5 nitrogen and oxygen atoms in total. The van der Waals surface area contributed by atoms with E-state index in [2.05, 4.69) is 28.9 Å². The van der Waals surface area contributed by atoms with Gasteiger partial charge in [0.25, 0.3) is 0 Å². The minimum absolute atomic E-state index is 0.221. The molecule has 2 rings (SSSR count). The van der Waals surface area contributed by atoms with Crippen LogP contribution in [0.3, 0.4) is 0 Å². The highest BCUT2D eigenvalue weighted by Crippen LogP contribution is 2.29. The maximum atomic E-state index is 5.91. The van der Waals surface area contributed by atoms with E-state index in [4.69, 9.17) is 11.6 Å². The molecule has 0 bridgehead atoms. The highest BCUT2D eigenvalue weighted by atomic mass is 15.1. The Morgan fingerprint density at radius 1 is 1.33 bits per heavy atom. The average Bonchev–Trinajstić information content (AvgIpc) is 2.64. The summed E-state index contributed by atoms with van der Waals surface area (Å²) < 4.78 is 0. The van der Waals surface area contributed by atoms with Crippen LogP contribution in [-0.2, 0) is 6.42 Å². The van der Waals surface area contributed by atoms with Crippen molar-refractivity contribution in [2.45, 2.75) is 18.9 Å². The largest absolute Gasteiger partial charge is 0.324 e. The minimum atomic E-state index is 0.221. The van der Waals surface area contributed by atoms with Gasteiger partial charge in [-0.3, -0.25) is 11.7 Å². The van der Waals surface area contributed by atoms with E-state index in [0.717, 1.165) is 18.4 Å². The minimum Gasteiger partial charge on any atom is -0.324 e. The molecule has 0 aromatic heterocycles. The molecule has 0 saturated heterocycles. The van der Waals surface area contributed by atoms with E-state index in [-0.39, 0.29) is 6.04 Å². The van der Waals surface area contributed by atoms with Crippen LogP contribution in [0.15, 0.2) is 23.3 Å². The molecule has 5 heteroatoms. The first-order valence-electron chi connectivity index (χ1n) is 4.76.